The first-order valence-electron chi connectivity index (χ1n) is 31.8. The molecule has 0 spiro atoms. The fourth-order valence-electron chi connectivity index (χ4n) is 15.4. The average molecular weight is 1200 g/mol. The van der Waals surface area contributed by atoms with Crippen molar-refractivity contribution in [2.45, 2.75) is 0 Å². The van der Waals surface area contributed by atoms with E-state index in [1.54, 1.807) is 0 Å². The van der Waals surface area contributed by atoms with E-state index in [1.807, 2.05) is 36.4 Å². The molecule has 0 N–H and O–H groups in total. The fourth-order valence-corrected chi connectivity index (χ4v) is 15.4. The third-order valence-electron chi connectivity index (χ3n) is 19.7. The van der Waals surface area contributed by atoms with Gasteiger partial charge in [0, 0.05) is 81.7 Å². The quantitative estimate of drug-likeness (QED) is 0.159. The first-order chi connectivity index (χ1) is 46.6. The molecule has 0 saturated carbocycles. The van der Waals surface area contributed by atoms with Gasteiger partial charge in [-0.3, -0.25) is 9.13 Å². The summed E-state index contributed by atoms with van der Waals surface area (Å²) in [5.74, 6) is 1.30. The lowest BCUT2D eigenvalue weighted by atomic mass is 9.99. The zero-order valence-electron chi connectivity index (χ0n) is 50.3. The minimum atomic E-state index is 0.558. The lowest BCUT2D eigenvalue weighted by molar-refractivity contribution is 0.668. The van der Waals surface area contributed by atoms with Crippen LogP contribution in [0.5, 0.6) is 0 Å². The summed E-state index contributed by atoms with van der Waals surface area (Å²) in [6, 6.07) is 106. The fraction of sp³-hybridized carbons (Fsp3) is 0. The van der Waals surface area contributed by atoms with E-state index in [2.05, 4.69) is 275 Å². The van der Waals surface area contributed by atoms with Crippen molar-refractivity contribution in [3.05, 3.63) is 297 Å². The van der Waals surface area contributed by atoms with Gasteiger partial charge in [0.2, 0.25) is 5.95 Å². The summed E-state index contributed by atoms with van der Waals surface area (Å²) in [5, 5.41) is 15.6. The molecule has 7 heterocycles. The number of fused-ring (bicyclic) bond motifs is 19. The molecule has 7 aromatic heterocycles. The standard InChI is InChI=1S/C86H49N5O3/c1-2-16-58-56(15-1)57(38-42-75(58)89-72-23-9-3-17-59(72)68-43-50(32-39-76(68)89)53-29-35-65-62-20-6-12-26-79(62)92-82(65)46-53)71-49-85(90-73-24-10-4-18-60(73)69-44-51(33-40-77(69)90)54-30-36-66-63-21-7-13-27-80(63)93-83(66)47-54)88-86(87-71)91-74-25-11-5-19-61(74)70-45-52(34-41-78(70)91)55-31-37-67-64-22-8-14-28-81(64)94-84(67)48-55/h1-49H. The van der Waals surface area contributed by atoms with Gasteiger partial charge in [0.05, 0.1) is 44.5 Å². The average Bonchev–Trinajstić information content (AvgIpc) is 1.54. The van der Waals surface area contributed by atoms with Crippen molar-refractivity contribution >= 4 is 142 Å². The van der Waals surface area contributed by atoms with E-state index < -0.39 is 0 Å². The van der Waals surface area contributed by atoms with Crippen LogP contribution < -0.4 is 0 Å². The lowest BCUT2D eigenvalue weighted by Gasteiger charge is -2.17. The van der Waals surface area contributed by atoms with Crippen LogP contribution in [0.1, 0.15) is 0 Å². The largest absolute Gasteiger partial charge is 0.456 e. The summed E-state index contributed by atoms with van der Waals surface area (Å²) in [5.41, 5.74) is 21.0. The summed E-state index contributed by atoms with van der Waals surface area (Å²) < 4.78 is 26.2. The highest BCUT2D eigenvalue weighted by Gasteiger charge is 2.24. The van der Waals surface area contributed by atoms with E-state index in [-0.39, 0.29) is 0 Å². The predicted octanol–water partition coefficient (Wildman–Crippen LogP) is 23.3. The van der Waals surface area contributed by atoms with E-state index in [0.717, 1.165) is 187 Å². The number of aromatic nitrogens is 5. The molecule has 8 nitrogen and oxygen atoms in total. The Morgan fingerprint density at radius 3 is 1.03 bits per heavy atom. The lowest BCUT2D eigenvalue weighted by Crippen LogP contribution is -2.07. The molecule has 0 fully saturated rings. The SMILES string of the molecule is c1ccc2c(c1)oc1cc(-c3ccc4c(c3)c3ccccc3n4-c3cc(-c4ccc(-n5c6ccccc6c6cc(-c7ccc8c(c7)oc7ccccc78)ccc65)c5ccccc45)nc(-n4c5ccccc5c5cc(-c6ccc7c(c6)oc6ccccc67)ccc54)n3)ccc12. The maximum Gasteiger partial charge on any atom is 0.237 e. The zero-order valence-corrected chi connectivity index (χ0v) is 50.3. The molecular formula is C86H49N5O3. The number of rotatable bonds is 7. The smallest absolute Gasteiger partial charge is 0.237 e. The second-order valence-corrected chi connectivity index (χ2v) is 24.8. The molecule has 0 amide bonds. The molecule has 0 atom stereocenters. The molecule has 0 radical (unpaired) electrons. The molecule has 94 heavy (non-hydrogen) atoms. The third kappa shape index (κ3) is 7.44. The molecule has 0 unspecified atom stereocenters. The topological polar surface area (TPSA) is 80.0 Å². The van der Waals surface area contributed by atoms with Crippen molar-refractivity contribution in [1.82, 2.24) is 23.7 Å². The number of para-hydroxylation sites is 6. The Morgan fingerprint density at radius 2 is 0.553 bits per heavy atom. The van der Waals surface area contributed by atoms with E-state index in [9.17, 15) is 0 Å². The summed E-state index contributed by atoms with van der Waals surface area (Å²) in [7, 11) is 0. The number of hydrogen-bond donors (Lipinski definition) is 0. The van der Waals surface area contributed by atoms with Gasteiger partial charge in [0.25, 0.3) is 0 Å². The maximum atomic E-state index is 6.42. The highest BCUT2D eigenvalue weighted by Crippen LogP contribution is 2.44. The van der Waals surface area contributed by atoms with Crippen LogP contribution >= 0.6 is 0 Å². The van der Waals surface area contributed by atoms with Gasteiger partial charge < -0.3 is 17.8 Å². The Morgan fingerprint density at radius 1 is 0.213 bits per heavy atom. The molecule has 0 bridgehead atoms. The second-order valence-electron chi connectivity index (χ2n) is 24.8. The van der Waals surface area contributed by atoms with Gasteiger partial charge in [-0.25, -0.2) is 4.98 Å². The van der Waals surface area contributed by atoms with Gasteiger partial charge >= 0.3 is 0 Å². The summed E-state index contributed by atoms with van der Waals surface area (Å²) >= 11 is 0. The summed E-state index contributed by atoms with van der Waals surface area (Å²) in [4.78, 5) is 11.5. The zero-order chi connectivity index (χ0) is 61.3. The van der Waals surface area contributed by atoms with Crippen LogP contribution in [0.4, 0.5) is 0 Å². The second kappa shape index (κ2) is 19.4. The van der Waals surface area contributed by atoms with Crippen LogP contribution in [0.3, 0.4) is 0 Å². The predicted molar refractivity (Wildman–Crippen MR) is 386 cm³/mol. The number of benzene rings is 14. The van der Waals surface area contributed by atoms with Crippen LogP contribution in [0.25, 0.3) is 204 Å². The van der Waals surface area contributed by atoms with Crippen LogP contribution in [0.2, 0.25) is 0 Å². The number of furan rings is 3. The van der Waals surface area contributed by atoms with E-state index in [1.165, 1.54) is 10.8 Å². The van der Waals surface area contributed by atoms with Crippen molar-refractivity contribution < 1.29 is 13.3 Å². The van der Waals surface area contributed by atoms with Gasteiger partial charge in [0.1, 0.15) is 39.3 Å². The van der Waals surface area contributed by atoms with Gasteiger partial charge in [-0.1, -0.05) is 176 Å². The molecule has 0 aliphatic rings. The van der Waals surface area contributed by atoms with Crippen molar-refractivity contribution in [2.24, 2.45) is 0 Å². The van der Waals surface area contributed by atoms with E-state index in [0.29, 0.717) is 5.95 Å². The van der Waals surface area contributed by atoms with Crippen LogP contribution in [0.15, 0.2) is 311 Å². The molecular weight excluding hydrogens is 1150 g/mol. The Hall–Kier alpha value is -12.8. The first-order valence-corrected chi connectivity index (χ1v) is 31.8. The normalized spacial score (nSPS) is 12.3. The van der Waals surface area contributed by atoms with Crippen molar-refractivity contribution in [3.8, 4) is 62.1 Å². The molecule has 0 aliphatic carbocycles. The number of hydrogen-bond acceptors (Lipinski definition) is 5. The molecule has 0 aliphatic heterocycles. The number of nitrogens with zero attached hydrogens (tertiary/aromatic N) is 5. The van der Waals surface area contributed by atoms with Crippen molar-refractivity contribution in [3.63, 3.8) is 0 Å². The Labute approximate surface area is 535 Å². The van der Waals surface area contributed by atoms with Crippen molar-refractivity contribution in [1.29, 1.82) is 0 Å². The van der Waals surface area contributed by atoms with Crippen LogP contribution in [-0.4, -0.2) is 23.7 Å². The molecule has 14 aromatic carbocycles. The van der Waals surface area contributed by atoms with Gasteiger partial charge in [-0.2, -0.15) is 4.98 Å². The summed E-state index contributed by atoms with van der Waals surface area (Å²) in [6.07, 6.45) is 0. The Bertz CT molecular complexity index is 6580. The molecule has 21 rings (SSSR count). The molecule has 0 saturated heterocycles. The maximum absolute atomic E-state index is 6.42. The molecule has 8 heteroatoms. The molecule has 436 valence electrons. The van der Waals surface area contributed by atoms with Gasteiger partial charge in [-0.05, 0) is 154 Å². The minimum Gasteiger partial charge on any atom is -0.456 e. The van der Waals surface area contributed by atoms with E-state index in [4.69, 9.17) is 23.2 Å². The van der Waals surface area contributed by atoms with Crippen LogP contribution in [0, 0.1) is 0 Å². The highest BCUT2D eigenvalue weighted by atomic mass is 16.3. The first kappa shape index (κ1) is 51.0. The van der Waals surface area contributed by atoms with Crippen molar-refractivity contribution in [2.75, 3.05) is 0 Å². The van der Waals surface area contributed by atoms with E-state index >= 15 is 0 Å². The Balaban J connectivity index is 0.762. The highest BCUT2D eigenvalue weighted by molar-refractivity contribution is 6.16. The minimum absolute atomic E-state index is 0.558. The van der Waals surface area contributed by atoms with Gasteiger partial charge in [-0.15, -0.1) is 0 Å². The monoisotopic (exact) mass is 1200 g/mol. The summed E-state index contributed by atoms with van der Waals surface area (Å²) in [6.45, 7) is 0. The third-order valence-corrected chi connectivity index (χ3v) is 19.7. The van der Waals surface area contributed by atoms with Crippen LogP contribution in [-0.2, 0) is 0 Å². The molecule has 21 aromatic rings. The van der Waals surface area contributed by atoms with Gasteiger partial charge in [0.15, 0.2) is 0 Å². The Kier molecular flexibility index (Phi) is 10.5.